The fourth-order valence-electron chi connectivity index (χ4n) is 1.32. The molecule has 0 saturated heterocycles. The van der Waals surface area contributed by atoms with Crippen molar-refractivity contribution in [1.82, 2.24) is 15.1 Å². The summed E-state index contributed by atoms with van der Waals surface area (Å²) in [4.78, 5) is 15.1. The van der Waals surface area contributed by atoms with Crippen LogP contribution in [0.25, 0.3) is 0 Å². The molecular formula is C11H25N3O2. The third kappa shape index (κ3) is 7.62. The van der Waals surface area contributed by atoms with E-state index in [2.05, 4.69) is 10.2 Å². The van der Waals surface area contributed by atoms with Crippen molar-refractivity contribution in [3.63, 3.8) is 0 Å². The first-order chi connectivity index (χ1) is 7.47. The number of carboxylic acids is 1. The number of hydrogen-bond acceptors (Lipinski definition) is 4. The van der Waals surface area contributed by atoms with Gasteiger partial charge >= 0.3 is 5.97 Å². The molecule has 0 aliphatic heterocycles. The maximum Gasteiger partial charge on any atom is 0.322 e. The molecule has 0 aromatic carbocycles. The third-order valence-corrected chi connectivity index (χ3v) is 2.36. The van der Waals surface area contributed by atoms with Gasteiger partial charge in [-0.15, -0.1) is 0 Å². The lowest BCUT2D eigenvalue weighted by molar-refractivity contribution is -0.139. The Kier molecular flexibility index (Phi) is 8.15. The zero-order valence-corrected chi connectivity index (χ0v) is 10.9. The number of aliphatic carboxylic acids is 1. The van der Waals surface area contributed by atoms with E-state index in [-0.39, 0.29) is 0 Å². The molecule has 0 aromatic heterocycles. The molecule has 0 fully saturated rings. The predicted molar refractivity (Wildman–Crippen MR) is 65.8 cm³/mol. The van der Waals surface area contributed by atoms with Crippen molar-refractivity contribution < 1.29 is 9.90 Å². The molecule has 5 heteroatoms. The van der Waals surface area contributed by atoms with Crippen molar-refractivity contribution >= 4 is 5.97 Å². The van der Waals surface area contributed by atoms with Crippen LogP contribution in [0.3, 0.4) is 0 Å². The Morgan fingerprint density at radius 1 is 1.31 bits per heavy atom. The lowest BCUT2D eigenvalue weighted by Crippen LogP contribution is -2.46. The standard InChI is InChI=1S/C11H25N3O2/c1-5-6-12-10(11(15)16)9-14(4)8-7-13(2)3/h10,12H,5-9H2,1-4H3,(H,15,16). The Morgan fingerprint density at radius 2 is 1.94 bits per heavy atom. The highest BCUT2D eigenvalue weighted by Crippen LogP contribution is 1.92. The van der Waals surface area contributed by atoms with Gasteiger partial charge in [-0.05, 0) is 34.1 Å². The second-order valence-electron chi connectivity index (χ2n) is 4.41. The summed E-state index contributed by atoms with van der Waals surface area (Å²) in [5.41, 5.74) is 0. The van der Waals surface area contributed by atoms with Crippen LogP contribution in [-0.2, 0) is 4.79 Å². The first kappa shape index (κ1) is 15.3. The van der Waals surface area contributed by atoms with Gasteiger partial charge in [0, 0.05) is 19.6 Å². The molecule has 0 radical (unpaired) electrons. The molecule has 96 valence electrons. The summed E-state index contributed by atoms with van der Waals surface area (Å²) < 4.78 is 0. The summed E-state index contributed by atoms with van der Waals surface area (Å²) in [6, 6.07) is -0.466. The van der Waals surface area contributed by atoms with E-state index >= 15 is 0 Å². The monoisotopic (exact) mass is 231 g/mol. The molecule has 0 aliphatic rings. The van der Waals surface area contributed by atoms with Crippen LogP contribution in [0.2, 0.25) is 0 Å². The van der Waals surface area contributed by atoms with E-state index in [0.717, 1.165) is 26.1 Å². The Labute approximate surface area is 98.4 Å². The Bertz CT molecular complexity index is 198. The summed E-state index contributed by atoms with van der Waals surface area (Å²) in [5, 5.41) is 12.1. The van der Waals surface area contributed by atoms with Gasteiger partial charge in [0.05, 0.1) is 0 Å². The van der Waals surface area contributed by atoms with E-state index in [0.29, 0.717) is 6.54 Å². The number of nitrogens with one attached hydrogen (secondary N) is 1. The molecule has 0 spiro atoms. The fourth-order valence-corrected chi connectivity index (χ4v) is 1.32. The van der Waals surface area contributed by atoms with Gasteiger partial charge in [-0.1, -0.05) is 6.92 Å². The van der Waals surface area contributed by atoms with E-state index < -0.39 is 12.0 Å². The minimum atomic E-state index is -0.773. The minimum Gasteiger partial charge on any atom is -0.480 e. The highest BCUT2D eigenvalue weighted by molar-refractivity contribution is 5.73. The third-order valence-electron chi connectivity index (χ3n) is 2.36. The molecule has 1 atom stereocenters. The average Bonchev–Trinajstić information content (AvgIpc) is 2.20. The summed E-state index contributed by atoms with van der Waals surface area (Å²) in [5.74, 6) is -0.773. The van der Waals surface area contributed by atoms with Crippen molar-refractivity contribution in [3.8, 4) is 0 Å². The normalized spacial score (nSPS) is 13.4. The maximum absolute atomic E-state index is 11.0. The van der Waals surface area contributed by atoms with Gasteiger partial charge < -0.3 is 20.2 Å². The van der Waals surface area contributed by atoms with Gasteiger partial charge in [0.15, 0.2) is 0 Å². The summed E-state index contributed by atoms with van der Waals surface area (Å²) in [6.07, 6.45) is 0.950. The van der Waals surface area contributed by atoms with Crippen molar-refractivity contribution in [1.29, 1.82) is 0 Å². The molecule has 0 bridgehead atoms. The number of hydrogen-bond donors (Lipinski definition) is 2. The molecule has 0 rings (SSSR count). The first-order valence-electron chi connectivity index (χ1n) is 5.76. The molecule has 16 heavy (non-hydrogen) atoms. The second kappa shape index (κ2) is 8.50. The lowest BCUT2D eigenvalue weighted by atomic mass is 10.2. The fraction of sp³-hybridized carbons (Fsp3) is 0.909. The Balaban J connectivity index is 3.92. The van der Waals surface area contributed by atoms with Crippen LogP contribution < -0.4 is 5.32 Å². The second-order valence-corrected chi connectivity index (χ2v) is 4.41. The minimum absolute atomic E-state index is 0.466. The summed E-state index contributed by atoms with van der Waals surface area (Å²) in [7, 11) is 5.97. The smallest absolute Gasteiger partial charge is 0.322 e. The van der Waals surface area contributed by atoms with Crippen LogP contribution in [-0.4, -0.2) is 74.2 Å². The molecule has 5 nitrogen and oxygen atoms in total. The largest absolute Gasteiger partial charge is 0.480 e. The van der Waals surface area contributed by atoms with Crippen molar-refractivity contribution in [3.05, 3.63) is 0 Å². The number of nitrogens with zero attached hydrogens (tertiary/aromatic N) is 2. The van der Waals surface area contributed by atoms with Crippen LogP contribution in [0.5, 0.6) is 0 Å². The van der Waals surface area contributed by atoms with Gasteiger partial charge in [0.1, 0.15) is 6.04 Å². The quantitative estimate of drug-likeness (QED) is 0.582. The van der Waals surface area contributed by atoms with Gasteiger partial charge in [-0.3, -0.25) is 4.79 Å². The van der Waals surface area contributed by atoms with Crippen molar-refractivity contribution in [2.24, 2.45) is 0 Å². The maximum atomic E-state index is 11.0. The van der Waals surface area contributed by atoms with Gasteiger partial charge in [0.2, 0.25) is 0 Å². The van der Waals surface area contributed by atoms with Gasteiger partial charge in [-0.25, -0.2) is 0 Å². The Hall–Kier alpha value is -0.650. The zero-order valence-electron chi connectivity index (χ0n) is 10.9. The SMILES string of the molecule is CCCNC(CN(C)CCN(C)C)C(=O)O. The van der Waals surface area contributed by atoms with Crippen molar-refractivity contribution in [2.75, 3.05) is 47.3 Å². The van der Waals surface area contributed by atoms with Crippen LogP contribution in [0, 0.1) is 0 Å². The molecule has 0 heterocycles. The van der Waals surface area contributed by atoms with Crippen LogP contribution in [0.15, 0.2) is 0 Å². The van der Waals surface area contributed by atoms with Gasteiger partial charge in [-0.2, -0.15) is 0 Å². The molecule has 2 N–H and O–H groups in total. The highest BCUT2D eigenvalue weighted by Gasteiger charge is 2.17. The van der Waals surface area contributed by atoms with E-state index in [1.54, 1.807) is 0 Å². The molecule has 0 aromatic rings. The summed E-state index contributed by atoms with van der Waals surface area (Å²) >= 11 is 0. The van der Waals surface area contributed by atoms with Crippen molar-refractivity contribution in [2.45, 2.75) is 19.4 Å². The molecule has 0 aliphatic carbocycles. The lowest BCUT2D eigenvalue weighted by Gasteiger charge is -2.23. The highest BCUT2D eigenvalue weighted by atomic mass is 16.4. The van der Waals surface area contributed by atoms with Gasteiger partial charge in [0.25, 0.3) is 0 Å². The summed E-state index contributed by atoms with van der Waals surface area (Å²) in [6.45, 7) is 5.14. The Morgan fingerprint density at radius 3 is 2.38 bits per heavy atom. The van der Waals surface area contributed by atoms with E-state index in [4.69, 9.17) is 5.11 Å². The number of rotatable bonds is 9. The number of carboxylic acid groups (broad SMARTS) is 1. The average molecular weight is 231 g/mol. The molecule has 0 saturated carbocycles. The number of carbonyl (C=O) groups is 1. The van der Waals surface area contributed by atoms with E-state index in [1.807, 2.05) is 33.0 Å². The molecular weight excluding hydrogens is 206 g/mol. The predicted octanol–water partition coefficient (Wildman–Crippen LogP) is -0.0674. The molecule has 1 unspecified atom stereocenters. The van der Waals surface area contributed by atoms with Crippen LogP contribution in [0.4, 0.5) is 0 Å². The van der Waals surface area contributed by atoms with Crippen LogP contribution in [0.1, 0.15) is 13.3 Å². The zero-order chi connectivity index (χ0) is 12.6. The van der Waals surface area contributed by atoms with E-state index in [1.165, 1.54) is 0 Å². The molecule has 0 amide bonds. The number of likely N-dealkylation sites (N-methyl/N-ethyl adjacent to an activating group) is 2. The first-order valence-corrected chi connectivity index (χ1v) is 5.76. The van der Waals surface area contributed by atoms with Crippen LogP contribution >= 0.6 is 0 Å². The topological polar surface area (TPSA) is 55.8 Å². The van der Waals surface area contributed by atoms with E-state index in [9.17, 15) is 4.79 Å².